The molecule has 214 valence electrons. The Morgan fingerprint density at radius 3 is 2.38 bits per heavy atom. The Bertz CT molecular complexity index is 1240. The smallest absolute Gasteiger partial charge is 0.169 e. The number of fused-ring (bicyclic) bond motifs is 4. The molecule has 4 heteroatoms. The van der Waals surface area contributed by atoms with Crippen LogP contribution in [0.3, 0.4) is 0 Å². The summed E-state index contributed by atoms with van der Waals surface area (Å²) >= 11 is 0. The van der Waals surface area contributed by atoms with Crippen LogP contribution in [0.4, 0.5) is 0 Å². The zero-order valence-corrected chi connectivity index (χ0v) is 24.5. The molecule has 4 fully saturated rings. The molecule has 4 nitrogen and oxygen atoms in total. The maximum atomic E-state index is 11.2. The normalized spacial score (nSPS) is 36.0. The van der Waals surface area contributed by atoms with Crippen LogP contribution < -0.4 is 4.74 Å². The van der Waals surface area contributed by atoms with Crippen molar-refractivity contribution in [2.24, 2.45) is 28.6 Å². The number of rotatable bonds is 4. The van der Waals surface area contributed by atoms with Crippen LogP contribution in [0.15, 0.2) is 65.7 Å². The molecule has 1 aliphatic heterocycles. The van der Waals surface area contributed by atoms with Crippen molar-refractivity contribution in [2.45, 2.75) is 96.6 Å². The second kappa shape index (κ2) is 10.00. The molecule has 1 saturated heterocycles. The van der Waals surface area contributed by atoms with Gasteiger partial charge < -0.3 is 19.3 Å². The average molecular weight is 543 g/mol. The average Bonchev–Trinajstić information content (AvgIpc) is 3.27. The fourth-order valence-corrected chi connectivity index (χ4v) is 9.04. The number of hydrogen-bond donors (Lipinski definition) is 1. The molecule has 40 heavy (non-hydrogen) atoms. The number of ether oxygens (including phenoxy) is 3. The third kappa shape index (κ3) is 4.64. The Morgan fingerprint density at radius 2 is 1.62 bits per heavy atom. The van der Waals surface area contributed by atoms with Crippen molar-refractivity contribution in [3.63, 3.8) is 0 Å². The van der Waals surface area contributed by atoms with Gasteiger partial charge in [0.15, 0.2) is 5.79 Å². The van der Waals surface area contributed by atoms with Crippen molar-refractivity contribution >= 4 is 0 Å². The molecular formula is C36H46O4. The maximum Gasteiger partial charge on any atom is 0.169 e. The van der Waals surface area contributed by atoms with E-state index in [-0.39, 0.29) is 16.9 Å². The summed E-state index contributed by atoms with van der Waals surface area (Å²) in [6.45, 7) is 9.01. The first kappa shape index (κ1) is 26.7. The van der Waals surface area contributed by atoms with E-state index in [2.05, 4.69) is 69.3 Å². The molecule has 1 spiro atoms. The van der Waals surface area contributed by atoms with E-state index in [9.17, 15) is 5.11 Å². The van der Waals surface area contributed by atoms with E-state index in [0.717, 1.165) is 57.5 Å². The van der Waals surface area contributed by atoms with E-state index in [0.29, 0.717) is 30.3 Å². The van der Waals surface area contributed by atoms with Gasteiger partial charge in [-0.15, -0.1) is 0 Å². The first-order valence-electron chi connectivity index (χ1n) is 15.7. The lowest BCUT2D eigenvalue weighted by Crippen LogP contribution is -2.52. The van der Waals surface area contributed by atoms with Crippen LogP contribution in [0.25, 0.3) is 0 Å². The van der Waals surface area contributed by atoms with Crippen LogP contribution >= 0.6 is 0 Å². The number of allylic oxidation sites excluding steroid dienone is 2. The van der Waals surface area contributed by atoms with Crippen molar-refractivity contribution in [2.75, 3.05) is 13.2 Å². The van der Waals surface area contributed by atoms with Crippen LogP contribution in [0.2, 0.25) is 0 Å². The Morgan fingerprint density at radius 1 is 0.875 bits per heavy atom. The van der Waals surface area contributed by atoms with E-state index in [4.69, 9.17) is 14.2 Å². The minimum Gasteiger partial charge on any atom is -0.489 e. The SMILES string of the molecule is CC1(C)COC2(CCC3=C4C(c5ccc(OCc6ccccc6)cc5)CC5(C)C(O)CCC5C4CCC3C2)OC1. The summed E-state index contributed by atoms with van der Waals surface area (Å²) in [5.74, 6) is 2.61. The lowest BCUT2D eigenvalue weighted by molar-refractivity contribution is -0.312. The van der Waals surface area contributed by atoms with E-state index in [1.807, 2.05) is 6.07 Å². The Kier molecular flexibility index (Phi) is 6.68. The lowest BCUT2D eigenvalue weighted by Gasteiger charge is -2.55. The van der Waals surface area contributed by atoms with Crippen molar-refractivity contribution in [1.29, 1.82) is 0 Å². The van der Waals surface area contributed by atoms with Gasteiger partial charge in [-0.3, -0.25) is 0 Å². The molecule has 6 atom stereocenters. The van der Waals surface area contributed by atoms with E-state index in [1.54, 1.807) is 11.1 Å². The fraction of sp³-hybridized carbons (Fsp3) is 0.611. The highest BCUT2D eigenvalue weighted by Gasteiger charge is 2.57. The topological polar surface area (TPSA) is 47.9 Å². The fourth-order valence-electron chi connectivity index (χ4n) is 9.04. The van der Waals surface area contributed by atoms with Crippen LogP contribution in [0, 0.1) is 28.6 Å². The first-order chi connectivity index (χ1) is 19.3. The highest BCUT2D eigenvalue weighted by molar-refractivity contribution is 5.42. The van der Waals surface area contributed by atoms with Gasteiger partial charge in [-0.05, 0) is 85.0 Å². The van der Waals surface area contributed by atoms with Crippen molar-refractivity contribution in [3.05, 3.63) is 76.9 Å². The summed E-state index contributed by atoms with van der Waals surface area (Å²) in [7, 11) is 0. The quantitative estimate of drug-likeness (QED) is 0.400. The van der Waals surface area contributed by atoms with E-state index >= 15 is 0 Å². The Hall–Kier alpha value is -2.14. The Labute approximate surface area is 240 Å². The predicted octanol–water partition coefficient (Wildman–Crippen LogP) is 7.81. The summed E-state index contributed by atoms with van der Waals surface area (Å²) in [5.41, 5.74) is 6.08. The summed E-state index contributed by atoms with van der Waals surface area (Å²) in [5, 5.41) is 11.2. The molecule has 5 aliphatic rings. The Balaban J connectivity index is 1.18. The molecule has 2 aromatic rings. The molecule has 1 heterocycles. The molecule has 0 amide bonds. The van der Waals surface area contributed by atoms with Crippen LogP contribution in [-0.4, -0.2) is 30.2 Å². The molecule has 3 saturated carbocycles. The third-order valence-corrected chi connectivity index (χ3v) is 11.3. The summed E-state index contributed by atoms with van der Waals surface area (Å²) in [6.07, 6.45) is 8.45. The molecule has 7 rings (SSSR count). The molecule has 0 radical (unpaired) electrons. The number of aliphatic hydroxyl groups excluding tert-OH is 1. The van der Waals surface area contributed by atoms with Crippen molar-refractivity contribution in [1.82, 2.24) is 0 Å². The van der Waals surface area contributed by atoms with Crippen LogP contribution in [-0.2, 0) is 16.1 Å². The monoisotopic (exact) mass is 542 g/mol. The largest absolute Gasteiger partial charge is 0.489 e. The highest BCUT2D eigenvalue weighted by atomic mass is 16.7. The van der Waals surface area contributed by atoms with Gasteiger partial charge in [0.25, 0.3) is 0 Å². The zero-order chi connectivity index (χ0) is 27.5. The number of hydrogen-bond acceptors (Lipinski definition) is 4. The number of benzene rings is 2. The van der Waals surface area contributed by atoms with Gasteiger partial charge in [0.1, 0.15) is 12.4 Å². The van der Waals surface area contributed by atoms with E-state index in [1.165, 1.54) is 24.0 Å². The summed E-state index contributed by atoms with van der Waals surface area (Å²) < 4.78 is 19.1. The van der Waals surface area contributed by atoms with Gasteiger partial charge >= 0.3 is 0 Å². The number of aliphatic hydroxyl groups is 1. The molecule has 0 aromatic heterocycles. The molecule has 4 aliphatic carbocycles. The lowest BCUT2D eigenvalue weighted by atomic mass is 9.52. The van der Waals surface area contributed by atoms with E-state index < -0.39 is 5.79 Å². The molecule has 1 N–H and O–H groups in total. The molecule has 0 bridgehead atoms. The van der Waals surface area contributed by atoms with Crippen LogP contribution in [0.5, 0.6) is 5.75 Å². The van der Waals surface area contributed by atoms with Crippen LogP contribution in [0.1, 0.15) is 89.2 Å². The summed E-state index contributed by atoms with van der Waals surface area (Å²) in [6, 6.07) is 19.3. The minimum absolute atomic E-state index is 0.00816. The second-order valence-electron chi connectivity index (χ2n) is 14.5. The molecule has 6 unspecified atom stereocenters. The zero-order valence-electron chi connectivity index (χ0n) is 24.5. The molecular weight excluding hydrogens is 496 g/mol. The standard InChI is InChI=1S/C36H46O4/c1-34(2)22-39-36(40-23-34)18-17-28-26(19-36)11-14-29-31-15-16-32(37)35(31,3)20-30(33(28)29)25-9-12-27(13-10-25)38-21-24-7-5-4-6-8-24/h4-10,12-13,26,29-32,37H,11,14-23H2,1-3H3. The maximum absolute atomic E-state index is 11.2. The van der Waals surface area contributed by atoms with Gasteiger partial charge in [0.05, 0.1) is 19.3 Å². The van der Waals surface area contributed by atoms with Crippen molar-refractivity contribution in [3.8, 4) is 5.75 Å². The van der Waals surface area contributed by atoms with Gasteiger partial charge in [-0.25, -0.2) is 0 Å². The molecule has 2 aromatic carbocycles. The summed E-state index contributed by atoms with van der Waals surface area (Å²) in [4.78, 5) is 0. The van der Waals surface area contributed by atoms with Gasteiger partial charge in [-0.2, -0.15) is 0 Å². The highest BCUT2D eigenvalue weighted by Crippen LogP contribution is 2.65. The van der Waals surface area contributed by atoms with Gasteiger partial charge in [0, 0.05) is 24.2 Å². The van der Waals surface area contributed by atoms with Gasteiger partial charge in [-0.1, -0.05) is 74.4 Å². The minimum atomic E-state index is -0.392. The van der Waals surface area contributed by atoms with Crippen molar-refractivity contribution < 1.29 is 19.3 Å². The first-order valence-corrected chi connectivity index (χ1v) is 15.7. The predicted molar refractivity (Wildman–Crippen MR) is 157 cm³/mol. The van der Waals surface area contributed by atoms with Gasteiger partial charge in [0.2, 0.25) is 0 Å². The third-order valence-electron chi connectivity index (χ3n) is 11.3. The second-order valence-corrected chi connectivity index (χ2v) is 14.5.